The number of hydrogen-bond acceptors (Lipinski definition) is 3. The molecule has 0 bridgehead atoms. The summed E-state index contributed by atoms with van der Waals surface area (Å²) < 4.78 is 0. The van der Waals surface area contributed by atoms with E-state index >= 15 is 0 Å². The number of amides is 1. The van der Waals surface area contributed by atoms with E-state index in [0.29, 0.717) is 0 Å². The SMILES string of the molecule is CCCN1CCNC(Cc2cccc(-c3cccs3)c2)C1=O. The number of benzene rings is 1. The van der Waals surface area contributed by atoms with Crippen molar-refractivity contribution in [3.8, 4) is 10.4 Å². The molecule has 4 heteroatoms. The van der Waals surface area contributed by atoms with Crippen molar-refractivity contribution in [1.82, 2.24) is 10.2 Å². The van der Waals surface area contributed by atoms with Crippen LogP contribution in [0.4, 0.5) is 0 Å². The lowest BCUT2D eigenvalue weighted by Crippen LogP contribution is -2.55. The van der Waals surface area contributed by atoms with E-state index in [9.17, 15) is 4.79 Å². The van der Waals surface area contributed by atoms with E-state index in [-0.39, 0.29) is 11.9 Å². The number of thiophene rings is 1. The Hall–Kier alpha value is -1.65. The highest BCUT2D eigenvalue weighted by Gasteiger charge is 2.27. The number of carbonyl (C=O) groups excluding carboxylic acids is 1. The van der Waals surface area contributed by atoms with Gasteiger partial charge in [-0.3, -0.25) is 4.79 Å². The zero-order chi connectivity index (χ0) is 15.4. The smallest absolute Gasteiger partial charge is 0.240 e. The number of rotatable bonds is 5. The van der Waals surface area contributed by atoms with Gasteiger partial charge in [0.1, 0.15) is 0 Å². The number of nitrogens with zero attached hydrogens (tertiary/aromatic N) is 1. The van der Waals surface area contributed by atoms with Gasteiger partial charge in [-0.05, 0) is 35.4 Å². The molecule has 1 amide bonds. The highest BCUT2D eigenvalue weighted by atomic mass is 32.1. The minimum Gasteiger partial charge on any atom is -0.340 e. The molecule has 3 nitrogen and oxygen atoms in total. The van der Waals surface area contributed by atoms with Crippen LogP contribution in [0.1, 0.15) is 18.9 Å². The summed E-state index contributed by atoms with van der Waals surface area (Å²) in [5, 5.41) is 5.47. The van der Waals surface area contributed by atoms with Crippen LogP contribution in [-0.2, 0) is 11.2 Å². The van der Waals surface area contributed by atoms with Gasteiger partial charge in [-0.15, -0.1) is 11.3 Å². The molecule has 1 unspecified atom stereocenters. The molecule has 1 N–H and O–H groups in total. The molecule has 1 aromatic carbocycles. The minimum atomic E-state index is -0.0844. The molecule has 1 atom stereocenters. The molecule has 2 aromatic rings. The number of carbonyl (C=O) groups is 1. The van der Waals surface area contributed by atoms with Crippen LogP contribution in [0.25, 0.3) is 10.4 Å². The van der Waals surface area contributed by atoms with Gasteiger partial charge in [0, 0.05) is 24.5 Å². The normalized spacial score (nSPS) is 18.7. The van der Waals surface area contributed by atoms with Crippen LogP contribution in [0.3, 0.4) is 0 Å². The van der Waals surface area contributed by atoms with Gasteiger partial charge in [-0.2, -0.15) is 0 Å². The first-order valence-corrected chi connectivity index (χ1v) is 8.81. The molecule has 116 valence electrons. The Kier molecular flexibility index (Phi) is 4.90. The second kappa shape index (κ2) is 7.07. The number of hydrogen-bond donors (Lipinski definition) is 1. The first-order chi connectivity index (χ1) is 10.8. The van der Waals surface area contributed by atoms with Gasteiger partial charge in [0.25, 0.3) is 0 Å². The average molecular weight is 314 g/mol. The van der Waals surface area contributed by atoms with Gasteiger partial charge in [-0.1, -0.05) is 37.3 Å². The first-order valence-electron chi connectivity index (χ1n) is 7.93. The van der Waals surface area contributed by atoms with Crippen molar-refractivity contribution in [1.29, 1.82) is 0 Å². The first kappa shape index (κ1) is 15.3. The van der Waals surface area contributed by atoms with E-state index in [1.807, 2.05) is 4.90 Å². The van der Waals surface area contributed by atoms with Crippen LogP contribution < -0.4 is 5.32 Å². The molecular formula is C18H22N2OS. The Morgan fingerprint density at radius 3 is 3.00 bits per heavy atom. The standard InChI is InChI=1S/C18H22N2OS/c1-2-9-20-10-8-19-16(18(20)21)13-14-5-3-6-15(12-14)17-7-4-11-22-17/h3-7,11-12,16,19H,2,8-10,13H2,1H3. The molecular weight excluding hydrogens is 292 g/mol. The summed E-state index contributed by atoms with van der Waals surface area (Å²) in [6.07, 6.45) is 1.78. The van der Waals surface area contributed by atoms with Crippen molar-refractivity contribution >= 4 is 17.2 Å². The number of nitrogens with one attached hydrogen (secondary N) is 1. The van der Waals surface area contributed by atoms with E-state index in [0.717, 1.165) is 32.5 Å². The molecule has 0 radical (unpaired) electrons. The maximum absolute atomic E-state index is 12.5. The van der Waals surface area contributed by atoms with Crippen LogP contribution in [0.2, 0.25) is 0 Å². The molecule has 1 aliphatic heterocycles. The highest BCUT2D eigenvalue weighted by molar-refractivity contribution is 7.13. The predicted molar refractivity (Wildman–Crippen MR) is 92.1 cm³/mol. The summed E-state index contributed by atoms with van der Waals surface area (Å²) in [4.78, 5) is 15.8. The lowest BCUT2D eigenvalue weighted by Gasteiger charge is -2.33. The molecule has 3 rings (SSSR count). The minimum absolute atomic E-state index is 0.0844. The van der Waals surface area contributed by atoms with E-state index in [4.69, 9.17) is 0 Å². The van der Waals surface area contributed by atoms with Gasteiger partial charge in [0.05, 0.1) is 6.04 Å². The van der Waals surface area contributed by atoms with E-state index in [2.05, 4.69) is 54.0 Å². The topological polar surface area (TPSA) is 32.3 Å². The molecule has 1 aliphatic rings. The summed E-state index contributed by atoms with van der Waals surface area (Å²) in [6, 6.07) is 12.7. The third-order valence-corrected chi connectivity index (χ3v) is 4.97. The van der Waals surface area contributed by atoms with Crippen molar-refractivity contribution in [2.45, 2.75) is 25.8 Å². The monoisotopic (exact) mass is 314 g/mol. The zero-order valence-corrected chi connectivity index (χ0v) is 13.7. The van der Waals surface area contributed by atoms with Crippen molar-refractivity contribution in [2.75, 3.05) is 19.6 Å². The van der Waals surface area contributed by atoms with Crippen LogP contribution in [0.5, 0.6) is 0 Å². The quantitative estimate of drug-likeness (QED) is 0.919. The Bertz CT molecular complexity index is 622. The number of piperazine rings is 1. The molecule has 0 saturated carbocycles. The Labute approximate surface area is 136 Å². The van der Waals surface area contributed by atoms with E-state index in [1.165, 1.54) is 16.0 Å². The lowest BCUT2D eigenvalue weighted by molar-refractivity contribution is -0.135. The summed E-state index contributed by atoms with van der Waals surface area (Å²) in [6.45, 7) is 4.71. The summed E-state index contributed by atoms with van der Waals surface area (Å²) in [5.41, 5.74) is 2.45. The van der Waals surface area contributed by atoms with Crippen LogP contribution in [0, 0.1) is 0 Å². The fourth-order valence-electron chi connectivity index (χ4n) is 2.97. The predicted octanol–water partition coefficient (Wildman–Crippen LogP) is 3.17. The molecule has 0 spiro atoms. The van der Waals surface area contributed by atoms with Crippen LogP contribution in [-0.4, -0.2) is 36.5 Å². The molecule has 1 saturated heterocycles. The van der Waals surface area contributed by atoms with Gasteiger partial charge >= 0.3 is 0 Å². The zero-order valence-electron chi connectivity index (χ0n) is 12.9. The molecule has 22 heavy (non-hydrogen) atoms. The second-order valence-corrected chi connectivity index (χ2v) is 6.66. The fourth-order valence-corrected chi connectivity index (χ4v) is 3.70. The molecule has 1 aromatic heterocycles. The van der Waals surface area contributed by atoms with Crippen LogP contribution >= 0.6 is 11.3 Å². The van der Waals surface area contributed by atoms with Gasteiger partial charge in [0.15, 0.2) is 0 Å². The Morgan fingerprint density at radius 2 is 2.23 bits per heavy atom. The Balaban J connectivity index is 1.73. The second-order valence-electron chi connectivity index (χ2n) is 5.71. The van der Waals surface area contributed by atoms with Crippen molar-refractivity contribution < 1.29 is 4.79 Å². The summed E-state index contributed by atoms with van der Waals surface area (Å²) in [7, 11) is 0. The lowest BCUT2D eigenvalue weighted by atomic mass is 10.0. The van der Waals surface area contributed by atoms with E-state index < -0.39 is 0 Å². The Morgan fingerprint density at radius 1 is 1.32 bits per heavy atom. The summed E-state index contributed by atoms with van der Waals surface area (Å²) >= 11 is 1.75. The molecule has 2 heterocycles. The highest BCUT2D eigenvalue weighted by Crippen LogP contribution is 2.25. The van der Waals surface area contributed by atoms with Crippen molar-refractivity contribution in [2.24, 2.45) is 0 Å². The van der Waals surface area contributed by atoms with Gasteiger partial charge in [-0.25, -0.2) is 0 Å². The fraction of sp³-hybridized carbons (Fsp3) is 0.389. The largest absolute Gasteiger partial charge is 0.340 e. The summed E-state index contributed by atoms with van der Waals surface area (Å²) in [5.74, 6) is 0.245. The maximum atomic E-state index is 12.5. The molecule has 1 fully saturated rings. The van der Waals surface area contributed by atoms with Gasteiger partial charge in [0.2, 0.25) is 5.91 Å². The average Bonchev–Trinajstić information content (AvgIpc) is 3.06. The van der Waals surface area contributed by atoms with Gasteiger partial charge < -0.3 is 10.2 Å². The van der Waals surface area contributed by atoms with Crippen LogP contribution in [0.15, 0.2) is 41.8 Å². The van der Waals surface area contributed by atoms with Crippen molar-refractivity contribution in [3.63, 3.8) is 0 Å². The third kappa shape index (κ3) is 3.39. The van der Waals surface area contributed by atoms with Crippen molar-refractivity contribution in [3.05, 3.63) is 47.3 Å². The van der Waals surface area contributed by atoms with E-state index in [1.54, 1.807) is 11.3 Å². The third-order valence-electron chi connectivity index (χ3n) is 4.05. The maximum Gasteiger partial charge on any atom is 0.240 e. The molecule has 0 aliphatic carbocycles.